The van der Waals surface area contributed by atoms with Crippen molar-refractivity contribution < 1.29 is 24.4 Å². The van der Waals surface area contributed by atoms with E-state index in [-0.39, 0.29) is 19.3 Å². The van der Waals surface area contributed by atoms with Gasteiger partial charge in [-0.2, -0.15) is 0 Å². The molecule has 0 aromatic heterocycles. The van der Waals surface area contributed by atoms with Crippen LogP contribution in [0.3, 0.4) is 0 Å². The average Bonchev–Trinajstić information content (AvgIpc) is 2.85. The predicted octanol–water partition coefficient (Wildman–Crippen LogP) is 1.82. The molecule has 3 rings (SSSR count). The van der Waals surface area contributed by atoms with Crippen LogP contribution in [0.15, 0.2) is 24.3 Å². The standard InChI is InChI=1S/C18H27NO5/c1-11(2)12-5-7-13(8-6-12)19-10-18(21)16(20)15-14(9-22-18)23-17(3,4)24-15/h5-8,11,14-16,19-21H,9-10H2,1-4H3/t14-,15-,16+,18-/m1/s1. The Morgan fingerprint density at radius 1 is 1.21 bits per heavy atom. The van der Waals surface area contributed by atoms with Gasteiger partial charge in [-0.3, -0.25) is 0 Å². The monoisotopic (exact) mass is 337 g/mol. The molecule has 1 aromatic carbocycles. The molecule has 0 radical (unpaired) electrons. The number of aliphatic hydroxyl groups excluding tert-OH is 1. The summed E-state index contributed by atoms with van der Waals surface area (Å²) in [6.07, 6.45) is -2.18. The second-order valence-electron chi connectivity index (χ2n) is 7.37. The number of aliphatic hydroxyl groups is 2. The largest absolute Gasteiger partial charge is 0.385 e. The van der Waals surface area contributed by atoms with E-state index in [1.807, 2.05) is 24.3 Å². The molecule has 3 N–H and O–H groups in total. The first-order valence-corrected chi connectivity index (χ1v) is 8.44. The van der Waals surface area contributed by atoms with Crippen LogP contribution in [0.1, 0.15) is 39.2 Å². The van der Waals surface area contributed by atoms with Crippen molar-refractivity contribution in [2.24, 2.45) is 0 Å². The van der Waals surface area contributed by atoms with Gasteiger partial charge in [-0.05, 0) is 37.5 Å². The van der Waals surface area contributed by atoms with Crippen LogP contribution in [0, 0.1) is 0 Å². The van der Waals surface area contributed by atoms with Crippen molar-refractivity contribution in [3.63, 3.8) is 0 Å². The van der Waals surface area contributed by atoms with Gasteiger partial charge in [0.05, 0.1) is 13.2 Å². The Hall–Kier alpha value is -1.18. The van der Waals surface area contributed by atoms with Crippen molar-refractivity contribution in [3.05, 3.63) is 29.8 Å². The van der Waals surface area contributed by atoms with Crippen LogP contribution >= 0.6 is 0 Å². The van der Waals surface area contributed by atoms with Gasteiger partial charge in [-0.25, -0.2) is 0 Å². The summed E-state index contributed by atoms with van der Waals surface area (Å²) in [5.74, 6) is -2.04. The Morgan fingerprint density at radius 2 is 1.88 bits per heavy atom. The quantitative estimate of drug-likeness (QED) is 0.778. The van der Waals surface area contributed by atoms with Gasteiger partial charge in [0.25, 0.3) is 0 Å². The van der Waals surface area contributed by atoms with E-state index in [4.69, 9.17) is 14.2 Å². The normalized spacial score (nSPS) is 35.0. The minimum Gasteiger partial charge on any atom is -0.385 e. The first-order valence-electron chi connectivity index (χ1n) is 8.44. The Labute approximate surface area is 142 Å². The summed E-state index contributed by atoms with van der Waals surface area (Å²) in [6.45, 7) is 8.08. The molecule has 0 aliphatic carbocycles. The van der Waals surface area contributed by atoms with Crippen molar-refractivity contribution in [1.29, 1.82) is 0 Å². The van der Waals surface area contributed by atoms with Crippen molar-refractivity contribution in [2.45, 2.75) is 63.5 Å². The Morgan fingerprint density at radius 3 is 2.50 bits per heavy atom. The zero-order chi connectivity index (χ0) is 17.5. The Bertz CT molecular complexity index is 573. The highest BCUT2D eigenvalue weighted by Crippen LogP contribution is 2.37. The highest BCUT2D eigenvalue weighted by Gasteiger charge is 2.56. The molecule has 2 aliphatic heterocycles. The lowest BCUT2D eigenvalue weighted by molar-refractivity contribution is -0.298. The van der Waals surface area contributed by atoms with Gasteiger partial charge in [-0.15, -0.1) is 0 Å². The Balaban J connectivity index is 1.64. The van der Waals surface area contributed by atoms with Crippen molar-refractivity contribution in [3.8, 4) is 0 Å². The zero-order valence-corrected chi connectivity index (χ0v) is 14.7. The van der Waals surface area contributed by atoms with E-state index in [9.17, 15) is 10.2 Å². The van der Waals surface area contributed by atoms with Gasteiger partial charge in [-0.1, -0.05) is 26.0 Å². The molecule has 0 amide bonds. The number of anilines is 1. The molecular weight excluding hydrogens is 310 g/mol. The van der Waals surface area contributed by atoms with Crippen molar-refractivity contribution >= 4 is 5.69 Å². The fraction of sp³-hybridized carbons (Fsp3) is 0.667. The molecule has 2 fully saturated rings. The zero-order valence-electron chi connectivity index (χ0n) is 14.7. The molecule has 1 aromatic rings. The third-order valence-corrected chi connectivity index (χ3v) is 4.62. The van der Waals surface area contributed by atoms with Gasteiger partial charge in [0.2, 0.25) is 5.79 Å². The van der Waals surface area contributed by atoms with Gasteiger partial charge >= 0.3 is 0 Å². The summed E-state index contributed by atoms with van der Waals surface area (Å²) in [7, 11) is 0. The molecule has 0 saturated carbocycles. The van der Waals surface area contributed by atoms with Crippen LogP contribution in [0.4, 0.5) is 5.69 Å². The minimum absolute atomic E-state index is 0.0577. The van der Waals surface area contributed by atoms with Crippen LogP contribution in [-0.2, 0) is 14.2 Å². The van der Waals surface area contributed by atoms with E-state index < -0.39 is 23.8 Å². The lowest BCUT2D eigenvalue weighted by Gasteiger charge is -2.41. The van der Waals surface area contributed by atoms with Crippen LogP contribution in [0.5, 0.6) is 0 Å². The number of hydrogen-bond acceptors (Lipinski definition) is 6. The summed E-state index contributed by atoms with van der Waals surface area (Å²) >= 11 is 0. The fourth-order valence-electron chi connectivity index (χ4n) is 3.20. The molecule has 0 unspecified atom stereocenters. The van der Waals surface area contributed by atoms with Gasteiger partial charge in [0, 0.05) is 5.69 Å². The summed E-state index contributed by atoms with van der Waals surface area (Å²) in [5, 5.41) is 24.3. The molecule has 2 heterocycles. The Kier molecular flexibility index (Phi) is 4.61. The van der Waals surface area contributed by atoms with E-state index in [2.05, 4.69) is 19.2 Å². The highest BCUT2D eigenvalue weighted by atomic mass is 16.8. The van der Waals surface area contributed by atoms with Crippen LogP contribution in [-0.4, -0.2) is 53.3 Å². The molecule has 134 valence electrons. The summed E-state index contributed by atoms with van der Waals surface area (Å²) < 4.78 is 16.9. The number of fused-ring (bicyclic) bond motifs is 1. The van der Waals surface area contributed by atoms with Crippen molar-refractivity contribution in [2.75, 3.05) is 18.5 Å². The van der Waals surface area contributed by atoms with E-state index in [0.29, 0.717) is 5.92 Å². The third kappa shape index (κ3) is 3.43. The molecule has 6 nitrogen and oxygen atoms in total. The maximum atomic E-state index is 10.7. The van der Waals surface area contributed by atoms with Crippen molar-refractivity contribution in [1.82, 2.24) is 0 Å². The smallest absolute Gasteiger partial charge is 0.212 e. The van der Waals surface area contributed by atoms with Crippen LogP contribution in [0.2, 0.25) is 0 Å². The predicted molar refractivity (Wildman–Crippen MR) is 89.8 cm³/mol. The number of rotatable bonds is 4. The molecular formula is C18H27NO5. The first-order chi connectivity index (χ1) is 11.2. The summed E-state index contributed by atoms with van der Waals surface area (Å²) in [4.78, 5) is 0. The summed E-state index contributed by atoms with van der Waals surface area (Å²) in [5.41, 5.74) is 2.10. The van der Waals surface area contributed by atoms with E-state index >= 15 is 0 Å². The molecule has 2 aliphatic rings. The topological polar surface area (TPSA) is 80.2 Å². The van der Waals surface area contributed by atoms with Gasteiger partial charge < -0.3 is 29.7 Å². The lowest BCUT2D eigenvalue weighted by Crippen LogP contribution is -2.62. The number of benzene rings is 1. The second-order valence-corrected chi connectivity index (χ2v) is 7.37. The van der Waals surface area contributed by atoms with E-state index in [0.717, 1.165) is 5.69 Å². The summed E-state index contributed by atoms with van der Waals surface area (Å²) in [6, 6.07) is 7.99. The van der Waals surface area contributed by atoms with E-state index in [1.54, 1.807) is 13.8 Å². The number of ether oxygens (including phenoxy) is 3. The molecule has 0 bridgehead atoms. The average molecular weight is 337 g/mol. The lowest BCUT2D eigenvalue weighted by atomic mass is 9.96. The molecule has 6 heteroatoms. The fourth-order valence-corrected chi connectivity index (χ4v) is 3.20. The maximum absolute atomic E-state index is 10.7. The third-order valence-electron chi connectivity index (χ3n) is 4.62. The molecule has 2 saturated heterocycles. The van der Waals surface area contributed by atoms with E-state index in [1.165, 1.54) is 5.56 Å². The first kappa shape index (κ1) is 17.6. The van der Waals surface area contributed by atoms with Crippen LogP contribution < -0.4 is 5.32 Å². The van der Waals surface area contributed by atoms with Crippen LogP contribution in [0.25, 0.3) is 0 Å². The maximum Gasteiger partial charge on any atom is 0.212 e. The van der Waals surface area contributed by atoms with Gasteiger partial charge in [0.15, 0.2) is 5.79 Å². The van der Waals surface area contributed by atoms with Gasteiger partial charge in [0.1, 0.15) is 18.3 Å². The molecule has 0 spiro atoms. The molecule has 24 heavy (non-hydrogen) atoms. The number of hydrogen-bond donors (Lipinski definition) is 3. The molecule has 4 atom stereocenters. The minimum atomic E-state index is -1.72. The highest BCUT2D eigenvalue weighted by molar-refractivity contribution is 5.45. The second kappa shape index (κ2) is 6.28. The SMILES string of the molecule is CC(C)c1ccc(NC[C@@]2(O)OC[C@H]3OC(C)(C)O[C@H]3[C@@H]2O)cc1. The number of nitrogens with one attached hydrogen (secondary N) is 1.